The molecule has 1 unspecified atom stereocenters. The van der Waals surface area contributed by atoms with Crippen LogP contribution >= 0.6 is 0 Å². The molecule has 0 bridgehead atoms. The van der Waals surface area contributed by atoms with Gasteiger partial charge in [-0.2, -0.15) is 0 Å². The third-order valence-electron chi connectivity index (χ3n) is 5.47. The molecule has 0 saturated carbocycles. The van der Waals surface area contributed by atoms with Gasteiger partial charge in [0.2, 0.25) is 0 Å². The van der Waals surface area contributed by atoms with Crippen molar-refractivity contribution < 1.29 is 4.79 Å². The summed E-state index contributed by atoms with van der Waals surface area (Å²) in [5.74, 6) is 0.442. The number of H-pyrrole nitrogens is 1. The molecule has 1 aliphatic heterocycles. The lowest BCUT2D eigenvalue weighted by Crippen LogP contribution is -2.35. The van der Waals surface area contributed by atoms with Gasteiger partial charge in [0.1, 0.15) is 5.56 Å². The summed E-state index contributed by atoms with van der Waals surface area (Å²) in [4.78, 5) is 30.2. The molecular formula is C18H23N5O2. The highest BCUT2D eigenvalue weighted by Crippen LogP contribution is 2.26. The molecule has 2 aromatic heterocycles. The first kappa shape index (κ1) is 16.1. The summed E-state index contributed by atoms with van der Waals surface area (Å²) in [7, 11) is 0. The molecule has 25 heavy (non-hydrogen) atoms. The van der Waals surface area contributed by atoms with Crippen molar-refractivity contribution in [3.63, 3.8) is 0 Å². The highest BCUT2D eigenvalue weighted by molar-refractivity contribution is 5.94. The Kier molecular flexibility index (Phi) is 4.15. The van der Waals surface area contributed by atoms with E-state index in [9.17, 15) is 9.59 Å². The van der Waals surface area contributed by atoms with Gasteiger partial charge in [0.15, 0.2) is 0 Å². The molecule has 1 aliphatic carbocycles. The average Bonchev–Trinajstić information content (AvgIpc) is 2.97. The molecule has 1 amide bonds. The first-order valence-electron chi connectivity index (χ1n) is 9.07. The molecule has 2 aromatic rings. The Hall–Kier alpha value is -2.44. The molecule has 1 atom stereocenters. The van der Waals surface area contributed by atoms with Gasteiger partial charge in [-0.25, -0.2) is 4.68 Å². The number of amides is 1. The van der Waals surface area contributed by atoms with Crippen LogP contribution in [-0.2, 0) is 25.9 Å². The first-order chi connectivity index (χ1) is 12.2. The molecule has 7 heteroatoms. The van der Waals surface area contributed by atoms with Crippen molar-refractivity contribution in [2.45, 2.75) is 52.1 Å². The lowest BCUT2D eigenvalue weighted by molar-refractivity contribution is 0.0743. The number of nitrogens with zero attached hydrogens (tertiary/aromatic N) is 4. The first-order valence-corrected chi connectivity index (χ1v) is 9.07. The Morgan fingerprint density at radius 2 is 2.28 bits per heavy atom. The standard InChI is InChI=1S/C18H23N5O2/c1-2-12-4-5-16-13(8-12)9-15(17(24)20-16)18(25)22-6-3-7-23-14(11-22)10-19-21-23/h9-10,12H,2-8,11H2,1H3,(H,20,24). The fraction of sp³-hybridized carbons (Fsp3) is 0.556. The summed E-state index contributed by atoms with van der Waals surface area (Å²) >= 11 is 0. The number of carbonyl (C=O) groups is 1. The lowest BCUT2D eigenvalue weighted by atomic mass is 9.84. The second-order valence-electron chi connectivity index (χ2n) is 7.06. The number of aromatic amines is 1. The Balaban J connectivity index is 1.63. The molecule has 132 valence electrons. The molecule has 0 fully saturated rings. The molecule has 0 aromatic carbocycles. The monoisotopic (exact) mass is 341 g/mol. The lowest BCUT2D eigenvalue weighted by Gasteiger charge is -2.24. The van der Waals surface area contributed by atoms with Gasteiger partial charge in [0.25, 0.3) is 11.5 Å². The number of aromatic nitrogens is 4. The van der Waals surface area contributed by atoms with E-state index in [1.165, 1.54) is 0 Å². The maximum Gasteiger partial charge on any atom is 0.261 e. The maximum absolute atomic E-state index is 13.0. The number of aryl methyl sites for hydroxylation is 2. The van der Waals surface area contributed by atoms with Crippen molar-refractivity contribution in [3.8, 4) is 0 Å². The molecule has 7 nitrogen and oxygen atoms in total. The highest BCUT2D eigenvalue weighted by Gasteiger charge is 2.26. The quantitative estimate of drug-likeness (QED) is 0.898. The van der Waals surface area contributed by atoms with Gasteiger partial charge >= 0.3 is 0 Å². The van der Waals surface area contributed by atoms with E-state index >= 15 is 0 Å². The van der Waals surface area contributed by atoms with E-state index in [-0.39, 0.29) is 17.0 Å². The van der Waals surface area contributed by atoms with E-state index in [0.717, 1.165) is 55.6 Å². The zero-order valence-corrected chi connectivity index (χ0v) is 14.5. The minimum Gasteiger partial charge on any atom is -0.332 e. The van der Waals surface area contributed by atoms with Crippen LogP contribution in [0.3, 0.4) is 0 Å². The summed E-state index contributed by atoms with van der Waals surface area (Å²) in [5.41, 5.74) is 3.03. The minimum atomic E-state index is -0.269. The van der Waals surface area contributed by atoms with E-state index in [0.29, 0.717) is 19.0 Å². The van der Waals surface area contributed by atoms with Crippen LogP contribution in [0.15, 0.2) is 17.1 Å². The molecule has 0 saturated heterocycles. The summed E-state index contributed by atoms with van der Waals surface area (Å²) < 4.78 is 1.83. The topological polar surface area (TPSA) is 83.9 Å². The third kappa shape index (κ3) is 2.99. The van der Waals surface area contributed by atoms with E-state index < -0.39 is 0 Å². The van der Waals surface area contributed by atoms with Crippen molar-refractivity contribution >= 4 is 5.91 Å². The van der Waals surface area contributed by atoms with Crippen molar-refractivity contribution in [1.29, 1.82) is 0 Å². The van der Waals surface area contributed by atoms with Crippen LogP contribution < -0.4 is 5.56 Å². The van der Waals surface area contributed by atoms with Gasteiger partial charge in [-0.1, -0.05) is 18.6 Å². The predicted molar refractivity (Wildman–Crippen MR) is 92.2 cm³/mol. The predicted octanol–water partition coefficient (Wildman–Crippen LogP) is 1.53. The normalized spacial score (nSPS) is 19.9. The van der Waals surface area contributed by atoms with Crippen LogP contribution in [0.5, 0.6) is 0 Å². The zero-order valence-electron chi connectivity index (χ0n) is 14.5. The summed E-state index contributed by atoms with van der Waals surface area (Å²) in [6, 6.07) is 1.83. The number of nitrogens with one attached hydrogen (secondary N) is 1. The number of carbonyl (C=O) groups excluding carboxylic acids is 1. The summed E-state index contributed by atoms with van der Waals surface area (Å²) in [6.45, 7) is 4.01. The Labute approximate surface area is 146 Å². The van der Waals surface area contributed by atoms with Crippen LogP contribution in [0.2, 0.25) is 0 Å². The number of pyridine rings is 1. The molecule has 0 radical (unpaired) electrons. The van der Waals surface area contributed by atoms with E-state index in [4.69, 9.17) is 0 Å². The van der Waals surface area contributed by atoms with Gasteiger partial charge in [-0.05, 0) is 43.2 Å². The van der Waals surface area contributed by atoms with Gasteiger partial charge in [-0.15, -0.1) is 5.10 Å². The van der Waals surface area contributed by atoms with Gasteiger partial charge in [-0.3, -0.25) is 9.59 Å². The van der Waals surface area contributed by atoms with Gasteiger partial charge < -0.3 is 9.88 Å². The van der Waals surface area contributed by atoms with E-state index in [2.05, 4.69) is 22.2 Å². The van der Waals surface area contributed by atoms with Gasteiger partial charge in [0, 0.05) is 18.8 Å². The second-order valence-corrected chi connectivity index (χ2v) is 7.06. The fourth-order valence-electron chi connectivity index (χ4n) is 3.90. The molecule has 3 heterocycles. The largest absolute Gasteiger partial charge is 0.332 e. The zero-order chi connectivity index (χ0) is 17.4. The van der Waals surface area contributed by atoms with E-state index in [1.807, 2.05) is 10.7 Å². The van der Waals surface area contributed by atoms with Crippen LogP contribution in [0.4, 0.5) is 0 Å². The van der Waals surface area contributed by atoms with Crippen LogP contribution in [0.1, 0.15) is 53.5 Å². The Morgan fingerprint density at radius 1 is 1.40 bits per heavy atom. The molecule has 2 aliphatic rings. The third-order valence-corrected chi connectivity index (χ3v) is 5.47. The van der Waals surface area contributed by atoms with Gasteiger partial charge in [0.05, 0.1) is 18.4 Å². The van der Waals surface area contributed by atoms with Crippen molar-refractivity contribution in [2.75, 3.05) is 6.54 Å². The van der Waals surface area contributed by atoms with Crippen molar-refractivity contribution in [3.05, 3.63) is 45.1 Å². The molecular weight excluding hydrogens is 318 g/mol. The summed E-state index contributed by atoms with van der Waals surface area (Å²) in [5, 5.41) is 7.95. The Morgan fingerprint density at radius 3 is 3.12 bits per heavy atom. The molecule has 1 N–H and O–H groups in total. The minimum absolute atomic E-state index is 0.197. The molecule has 4 rings (SSSR count). The van der Waals surface area contributed by atoms with Crippen LogP contribution in [0.25, 0.3) is 0 Å². The Bertz CT molecular complexity index is 853. The highest BCUT2D eigenvalue weighted by atomic mass is 16.2. The number of hydrogen-bond acceptors (Lipinski definition) is 4. The smallest absolute Gasteiger partial charge is 0.261 e. The molecule has 0 spiro atoms. The maximum atomic E-state index is 13.0. The van der Waals surface area contributed by atoms with Crippen LogP contribution in [-0.4, -0.2) is 37.3 Å². The second kappa shape index (κ2) is 6.46. The number of rotatable bonds is 2. The summed E-state index contributed by atoms with van der Waals surface area (Å²) in [6.07, 6.45) is 6.57. The van der Waals surface area contributed by atoms with E-state index in [1.54, 1.807) is 11.1 Å². The van der Waals surface area contributed by atoms with Crippen molar-refractivity contribution in [2.24, 2.45) is 5.92 Å². The SMILES string of the molecule is CCC1CCc2[nH]c(=O)c(C(=O)N3CCCn4nncc4C3)cc2C1. The number of hydrogen-bond donors (Lipinski definition) is 1. The van der Waals surface area contributed by atoms with Crippen LogP contribution in [0, 0.1) is 5.92 Å². The number of fused-ring (bicyclic) bond motifs is 2. The fourth-order valence-corrected chi connectivity index (χ4v) is 3.90. The average molecular weight is 341 g/mol. The van der Waals surface area contributed by atoms with Crippen molar-refractivity contribution in [1.82, 2.24) is 24.9 Å².